The van der Waals surface area contributed by atoms with Gasteiger partial charge in [-0.15, -0.1) is 11.8 Å². The Morgan fingerprint density at radius 1 is 1.50 bits per heavy atom. The summed E-state index contributed by atoms with van der Waals surface area (Å²) in [6, 6.07) is 6.72. The molecule has 1 amide bonds. The summed E-state index contributed by atoms with van der Waals surface area (Å²) in [5, 5.41) is 6.76. The SMILES string of the molecule is CNC(=O)CSc1ccc(CNC2CC2)cc1Cl. The van der Waals surface area contributed by atoms with Gasteiger partial charge in [0.1, 0.15) is 0 Å². The Bertz CT molecular complexity index is 435. The zero-order valence-electron chi connectivity index (χ0n) is 10.3. The number of halogens is 1. The fraction of sp³-hybridized carbons (Fsp3) is 0.462. The van der Waals surface area contributed by atoms with E-state index in [1.54, 1.807) is 7.05 Å². The molecule has 1 aliphatic carbocycles. The summed E-state index contributed by atoms with van der Waals surface area (Å²) in [5.41, 5.74) is 1.19. The molecule has 0 saturated heterocycles. The van der Waals surface area contributed by atoms with E-state index in [0.717, 1.165) is 16.5 Å². The second-order valence-corrected chi connectivity index (χ2v) is 5.81. The smallest absolute Gasteiger partial charge is 0.230 e. The Hall–Kier alpha value is -0.710. The molecule has 1 aliphatic rings. The van der Waals surface area contributed by atoms with E-state index >= 15 is 0 Å². The highest BCUT2D eigenvalue weighted by molar-refractivity contribution is 8.00. The molecule has 0 radical (unpaired) electrons. The normalized spacial score (nSPS) is 14.6. The van der Waals surface area contributed by atoms with Gasteiger partial charge >= 0.3 is 0 Å². The summed E-state index contributed by atoms with van der Waals surface area (Å²) in [5.74, 6) is 0.408. The number of thioether (sulfide) groups is 1. The number of hydrogen-bond acceptors (Lipinski definition) is 3. The molecule has 1 fully saturated rings. The van der Waals surface area contributed by atoms with Gasteiger partial charge in [-0.1, -0.05) is 17.7 Å². The number of carbonyl (C=O) groups excluding carboxylic acids is 1. The van der Waals surface area contributed by atoms with Gasteiger partial charge in [0.05, 0.1) is 10.8 Å². The van der Waals surface area contributed by atoms with E-state index in [4.69, 9.17) is 11.6 Å². The Morgan fingerprint density at radius 3 is 2.89 bits per heavy atom. The maximum absolute atomic E-state index is 11.2. The lowest BCUT2D eigenvalue weighted by Gasteiger charge is -2.07. The number of benzene rings is 1. The predicted octanol–water partition coefficient (Wildman–Crippen LogP) is 2.43. The lowest BCUT2D eigenvalue weighted by molar-refractivity contribution is -0.118. The Labute approximate surface area is 117 Å². The first-order valence-corrected chi connectivity index (χ1v) is 7.40. The number of rotatable bonds is 6. The summed E-state index contributed by atoms with van der Waals surface area (Å²) in [7, 11) is 1.64. The molecule has 0 spiro atoms. The minimum absolute atomic E-state index is 0.00976. The van der Waals surface area contributed by atoms with Gasteiger partial charge in [-0.05, 0) is 30.5 Å². The molecule has 98 valence electrons. The van der Waals surface area contributed by atoms with Gasteiger partial charge in [0.2, 0.25) is 5.91 Å². The summed E-state index contributed by atoms with van der Waals surface area (Å²) >= 11 is 7.67. The molecule has 1 aromatic carbocycles. The summed E-state index contributed by atoms with van der Waals surface area (Å²) in [6.45, 7) is 0.866. The van der Waals surface area contributed by atoms with E-state index in [2.05, 4.69) is 16.7 Å². The Kier molecular flexibility index (Phi) is 4.92. The minimum atomic E-state index is 0.00976. The standard InChI is InChI=1S/C13H17ClN2OS/c1-15-13(17)8-18-12-5-2-9(6-11(12)14)7-16-10-3-4-10/h2,5-6,10,16H,3-4,7-8H2,1H3,(H,15,17). The zero-order valence-corrected chi connectivity index (χ0v) is 11.9. The molecule has 1 saturated carbocycles. The molecule has 3 nitrogen and oxygen atoms in total. The first-order chi connectivity index (χ1) is 8.69. The maximum Gasteiger partial charge on any atom is 0.230 e. The van der Waals surface area contributed by atoms with Crippen LogP contribution >= 0.6 is 23.4 Å². The van der Waals surface area contributed by atoms with Gasteiger partial charge in [0, 0.05) is 24.5 Å². The van der Waals surface area contributed by atoms with Crippen molar-refractivity contribution in [2.75, 3.05) is 12.8 Å². The lowest BCUT2D eigenvalue weighted by atomic mass is 10.2. The van der Waals surface area contributed by atoms with Crippen molar-refractivity contribution in [3.05, 3.63) is 28.8 Å². The molecule has 2 rings (SSSR count). The molecular weight excluding hydrogens is 268 g/mol. The van der Waals surface area contributed by atoms with Crippen molar-refractivity contribution in [2.24, 2.45) is 0 Å². The van der Waals surface area contributed by atoms with Crippen LogP contribution in [-0.4, -0.2) is 24.7 Å². The van der Waals surface area contributed by atoms with Crippen molar-refractivity contribution in [1.82, 2.24) is 10.6 Å². The third-order valence-electron chi connectivity index (χ3n) is 2.81. The largest absolute Gasteiger partial charge is 0.358 e. The molecule has 0 aromatic heterocycles. The van der Waals surface area contributed by atoms with Crippen LogP contribution in [0.15, 0.2) is 23.1 Å². The van der Waals surface area contributed by atoms with Crippen LogP contribution in [0.4, 0.5) is 0 Å². The van der Waals surface area contributed by atoms with Gasteiger partial charge in [0.25, 0.3) is 0 Å². The average molecular weight is 285 g/mol. The van der Waals surface area contributed by atoms with Crippen LogP contribution in [0.1, 0.15) is 18.4 Å². The number of carbonyl (C=O) groups is 1. The predicted molar refractivity (Wildman–Crippen MR) is 76.1 cm³/mol. The highest BCUT2D eigenvalue weighted by Crippen LogP contribution is 2.28. The molecule has 0 bridgehead atoms. The second-order valence-electron chi connectivity index (χ2n) is 4.38. The van der Waals surface area contributed by atoms with Gasteiger partial charge in [-0.2, -0.15) is 0 Å². The third-order valence-corrected chi connectivity index (χ3v) is 4.30. The van der Waals surface area contributed by atoms with Crippen molar-refractivity contribution in [3.63, 3.8) is 0 Å². The van der Waals surface area contributed by atoms with Crippen molar-refractivity contribution in [1.29, 1.82) is 0 Å². The molecule has 2 N–H and O–H groups in total. The lowest BCUT2D eigenvalue weighted by Crippen LogP contribution is -2.19. The molecule has 1 aromatic rings. The second kappa shape index (κ2) is 6.45. The summed E-state index contributed by atoms with van der Waals surface area (Å²) in [4.78, 5) is 12.1. The highest BCUT2D eigenvalue weighted by Gasteiger charge is 2.19. The van der Waals surface area contributed by atoms with Crippen molar-refractivity contribution in [3.8, 4) is 0 Å². The highest BCUT2D eigenvalue weighted by atomic mass is 35.5. The van der Waals surface area contributed by atoms with E-state index in [1.165, 1.54) is 30.2 Å². The average Bonchev–Trinajstić information content (AvgIpc) is 3.18. The van der Waals surface area contributed by atoms with Crippen LogP contribution < -0.4 is 10.6 Å². The maximum atomic E-state index is 11.2. The molecule has 0 atom stereocenters. The first-order valence-electron chi connectivity index (χ1n) is 6.04. The molecule has 5 heteroatoms. The summed E-state index contributed by atoms with van der Waals surface area (Å²) in [6.07, 6.45) is 2.57. The van der Waals surface area contributed by atoms with E-state index in [-0.39, 0.29) is 5.91 Å². The number of hydrogen-bond donors (Lipinski definition) is 2. The Morgan fingerprint density at radius 2 is 2.28 bits per heavy atom. The van der Waals surface area contributed by atoms with Gasteiger partial charge in [-0.25, -0.2) is 0 Å². The van der Waals surface area contributed by atoms with Gasteiger partial charge < -0.3 is 10.6 Å². The van der Waals surface area contributed by atoms with Crippen LogP contribution in [0.5, 0.6) is 0 Å². The van der Waals surface area contributed by atoms with E-state index < -0.39 is 0 Å². The fourth-order valence-electron chi connectivity index (χ4n) is 1.54. The van der Waals surface area contributed by atoms with Crippen molar-refractivity contribution >= 4 is 29.3 Å². The van der Waals surface area contributed by atoms with E-state index in [9.17, 15) is 4.79 Å². The molecule has 18 heavy (non-hydrogen) atoms. The fourth-order valence-corrected chi connectivity index (χ4v) is 2.70. The first kappa shape index (κ1) is 13.7. The van der Waals surface area contributed by atoms with E-state index in [0.29, 0.717) is 11.8 Å². The molecule has 0 heterocycles. The van der Waals surface area contributed by atoms with Crippen molar-refractivity contribution < 1.29 is 4.79 Å². The number of amides is 1. The van der Waals surface area contributed by atoms with Crippen LogP contribution in [0.3, 0.4) is 0 Å². The van der Waals surface area contributed by atoms with Crippen LogP contribution in [0.2, 0.25) is 5.02 Å². The molecular formula is C13H17ClN2OS. The quantitative estimate of drug-likeness (QED) is 0.789. The zero-order chi connectivity index (χ0) is 13.0. The minimum Gasteiger partial charge on any atom is -0.358 e. The van der Waals surface area contributed by atoms with Crippen LogP contribution in [0.25, 0.3) is 0 Å². The van der Waals surface area contributed by atoms with Crippen LogP contribution in [0, 0.1) is 0 Å². The monoisotopic (exact) mass is 284 g/mol. The Balaban J connectivity index is 1.89. The van der Waals surface area contributed by atoms with E-state index in [1.807, 2.05) is 12.1 Å². The van der Waals surface area contributed by atoms with Gasteiger partial charge in [0.15, 0.2) is 0 Å². The number of nitrogens with one attached hydrogen (secondary N) is 2. The molecule has 0 aliphatic heterocycles. The summed E-state index contributed by atoms with van der Waals surface area (Å²) < 4.78 is 0. The topological polar surface area (TPSA) is 41.1 Å². The molecule has 0 unspecified atom stereocenters. The van der Waals surface area contributed by atoms with Crippen molar-refractivity contribution in [2.45, 2.75) is 30.3 Å². The van der Waals surface area contributed by atoms with Crippen LogP contribution in [-0.2, 0) is 11.3 Å². The third kappa shape index (κ3) is 4.19. The van der Waals surface area contributed by atoms with Gasteiger partial charge in [-0.3, -0.25) is 4.79 Å².